The van der Waals surface area contributed by atoms with Gasteiger partial charge in [0, 0.05) is 68.1 Å². The van der Waals surface area contributed by atoms with Gasteiger partial charge in [0.15, 0.2) is 26.8 Å². The van der Waals surface area contributed by atoms with Crippen LogP contribution < -0.4 is 10.5 Å². The average molecular weight is 2150 g/mol. The van der Waals surface area contributed by atoms with Crippen LogP contribution >= 0.6 is 0 Å². The number of ketones is 4. The minimum atomic E-state index is -0.641. The van der Waals surface area contributed by atoms with E-state index in [1.54, 1.807) is 7.11 Å². The molecule has 0 radical (unpaired) electrons. The number of hydrogen-bond donors (Lipinski definition) is 1. The van der Waals surface area contributed by atoms with Gasteiger partial charge in [-0.15, -0.1) is 0 Å². The summed E-state index contributed by atoms with van der Waals surface area (Å²) in [5, 5.41) is 0. The number of nitrogens with zero attached hydrogens (tertiary/aromatic N) is 8. The summed E-state index contributed by atoms with van der Waals surface area (Å²) in [5.41, 5.74) is 13.1. The van der Waals surface area contributed by atoms with Gasteiger partial charge in [-0.3, -0.25) is 24.0 Å². The molecule has 12 fully saturated rings. The molecule has 1 aliphatic carbocycles. The first kappa shape index (κ1) is 130. The Kier molecular flexibility index (Phi) is 60.0. The fraction of sp³-hybridized carbons (Fsp3) is 0.727. The predicted molar refractivity (Wildman–Crippen MR) is 654 cm³/mol. The highest BCUT2D eigenvalue weighted by Crippen LogP contribution is 2.37. The van der Waals surface area contributed by atoms with Crippen LogP contribution in [0.5, 0.6) is 5.75 Å². The Morgan fingerprint density at radius 1 is 0.409 bits per heavy atom. The van der Waals surface area contributed by atoms with E-state index in [-0.39, 0.29) is 48.1 Å². The van der Waals surface area contributed by atoms with Crippen molar-refractivity contribution in [1.29, 1.82) is 0 Å². The molecule has 0 bridgehead atoms. The Morgan fingerprint density at radius 2 is 0.758 bits per heavy atom. The summed E-state index contributed by atoms with van der Waals surface area (Å²) in [6.45, 7) is 54.7. The van der Waals surface area contributed by atoms with Crippen molar-refractivity contribution in [3.8, 4) is 5.75 Å². The van der Waals surface area contributed by atoms with Gasteiger partial charge >= 0.3 is 5.97 Å². The molecule has 5 aromatic rings. The molecular weight excluding hydrogens is 1940 g/mol. The summed E-state index contributed by atoms with van der Waals surface area (Å²) >= 11 is 3.46. The minimum Gasteiger partial charge on any atom is -0.497 e. The molecule has 21 heteroatoms. The maximum absolute atomic E-state index is 12.9. The second-order valence-electron chi connectivity index (χ2n) is 49.1. The summed E-state index contributed by atoms with van der Waals surface area (Å²) in [4.78, 5) is 82.9. The largest absolute Gasteiger partial charge is 0.497 e. The summed E-state index contributed by atoms with van der Waals surface area (Å²) < 4.78 is 9.94. The first-order valence-corrected chi connectivity index (χ1v) is 66.4. The normalized spacial score (nSPS) is 20.5. The number of methoxy groups -OCH3 is 1. The molecule has 5 aromatic carbocycles. The zero-order chi connectivity index (χ0) is 108. The van der Waals surface area contributed by atoms with Crippen LogP contribution in [0.2, 0.25) is 0 Å². The number of likely N-dealkylation sites (tertiary alicyclic amines) is 8. The van der Waals surface area contributed by atoms with E-state index in [0.29, 0.717) is 51.3 Å². The molecule has 17 rings (SSSR count). The smallest absolute Gasteiger partial charge is 0.323 e. The molecule has 0 amide bonds. The van der Waals surface area contributed by atoms with Crippen LogP contribution in [0.3, 0.4) is 0 Å². The van der Waals surface area contributed by atoms with Crippen molar-refractivity contribution in [3.63, 3.8) is 0 Å². The number of hydrogen-bond acceptors (Lipinski definition) is 16. The zero-order valence-corrected chi connectivity index (χ0v) is 103. The van der Waals surface area contributed by atoms with Crippen molar-refractivity contribution in [1.82, 2.24) is 39.2 Å². The fourth-order valence-electron chi connectivity index (χ4n) is 22.3. The quantitative estimate of drug-likeness (QED) is 0.0317. The number of rotatable bonds is 26. The monoisotopic (exact) mass is 2150 g/mol. The molecule has 11 saturated heterocycles. The lowest BCUT2D eigenvalue weighted by molar-refractivity contribution is -0.156. The van der Waals surface area contributed by atoms with Crippen LogP contribution in [0.25, 0.3) is 0 Å². The number of benzene rings is 5. The highest BCUT2D eigenvalue weighted by molar-refractivity contribution is 7.99. The molecule has 1 atom stereocenters. The maximum atomic E-state index is 12.9. The number of esters is 1. The topological polar surface area (TPSA) is 156 Å². The molecule has 16 nitrogen and oxygen atoms in total. The molecule has 11 aliphatic heterocycles. The first-order chi connectivity index (χ1) is 71.1. The highest BCUT2D eigenvalue weighted by atomic mass is 32.2. The van der Waals surface area contributed by atoms with E-state index in [2.05, 4.69) is 198 Å². The number of Topliss-reactive ketones (excluding diaryl/α,β-unsaturated/α-hetero) is 4. The molecule has 0 spiro atoms. The molecule has 11 heterocycles. The number of unbranched alkanes of at least 4 members (excludes halogenated alkanes) is 2. The highest BCUT2D eigenvalue weighted by Gasteiger charge is 2.49. The number of carbonyl (C=O) groups is 5. The molecule has 2 N–H and O–H groups in total. The standard InChI is InChI=1S/C20H29OS.C16H25OS.C15H21OS.C14H21NO3.3C11H22N2.C10H20N2.C10H19OS.C10H14S/c1-20(2,22-14-6-7-15-22)19(21)18-12-10-17(11-13-18)16-8-4-3-5-9-16;1-3-5-12-18(13-6-4-2)14-16(17)15-10-8-7-9-11-15;1-12-6-8-13(9-7-12)14(16)15(2,3)17-10-4-5-11-17;1-14(2,3)18-13(16)12(15)9-10-5-7-11(17-4)8-6-10;3*1-12-9-5-11(6-10-12)13-7-3-2-4-8-13;1-11-8-4-10(5-9-11)12-6-2-3-7-12;1-10(2,3)9(11)8-12-6-4-5-7-12;1-10(2,3)8-4-6-9(11)7-5-8/h10-13,16H,3-9,14-15H2,1-2H3;7-11H,3-6,12-14H2,1-2H3;6-9H,4-5,10-11H2,1-3H3;5-8,12H,9,15H2,1-4H3;3*11H,2-10H2,1H3;10H,2-9H2,1H3;4-8H2,1-3H3;4-7,11H,1-3H3/q3*+1;;;;;;+1;/p+1. The van der Waals surface area contributed by atoms with Gasteiger partial charge in [0.25, 0.3) is 0 Å². The Labute approximate surface area is 928 Å². The van der Waals surface area contributed by atoms with Crippen molar-refractivity contribution in [2.75, 3.05) is 198 Å². The summed E-state index contributed by atoms with van der Waals surface area (Å²) in [6, 6.07) is 45.3. The fourth-order valence-corrected chi connectivity index (χ4v) is 32.8. The summed E-state index contributed by atoms with van der Waals surface area (Å²) in [7, 11) is 11.9. The Hall–Kier alpha value is -4.56. The van der Waals surface area contributed by atoms with Gasteiger partial charge in [0.2, 0.25) is 17.3 Å². The number of nitrogens with two attached hydrogens (primary N) is 1. The Bertz CT molecular complexity index is 4330. The van der Waals surface area contributed by atoms with Gasteiger partial charge in [-0.25, -0.2) is 0 Å². The van der Waals surface area contributed by atoms with Crippen LogP contribution in [0.4, 0.5) is 0 Å². The van der Waals surface area contributed by atoms with Crippen LogP contribution in [-0.4, -0.2) is 311 Å². The van der Waals surface area contributed by atoms with Crippen molar-refractivity contribution < 1.29 is 33.4 Å². The third kappa shape index (κ3) is 48.8. The molecule has 149 heavy (non-hydrogen) atoms. The lowest BCUT2D eigenvalue weighted by Gasteiger charge is -2.39. The van der Waals surface area contributed by atoms with Crippen LogP contribution in [-0.2, 0) is 82.4 Å². The molecule has 840 valence electrons. The van der Waals surface area contributed by atoms with E-state index >= 15 is 0 Å². The second kappa shape index (κ2) is 69.0. The number of aryl methyl sites for hydroxylation is 1. The van der Waals surface area contributed by atoms with Crippen LogP contribution in [0.15, 0.2) is 132 Å². The average Bonchev–Trinajstić information content (AvgIpc) is 1.74. The predicted octanol–water partition coefficient (Wildman–Crippen LogP) is 24.7. The van der Waals surface area contributed by atoms with Gasteiger partial charge < -0.3 is 54.4 Å². The van der Waals surface area contributed by atoms with Crippen molar-refractivity contribution in [2.24, 2.45) is 11.1 Å². The van der Waals surface area contributed by atoms with Gasteiger partial charge in [-0.1, -0.05) is 215 Å². The van der Waals surface area contributed by atoms with E-state index in [1.165, 1.54) is 386 Å². The molecule has 12 aliphatic rings. The van der Waals surface area contributed by atoms with E-state index < -0.39 is 11.6 Å². The van der Waals surface area contributed by atoms with E-state index in [0.717, 1.165) is 74.5 Å². The van der Waals surface area contributed by atoms with Gasteiger partial charge in [-0.2, -0.15) is 0 Å². The first-order valence-electron chi connectivity index (χ1n) is 59.3. The Morgan fingerprint density at radius 3 is 1.10 bits per heavy atom. The lowest BCUT2D eigenvalue weighted by atomic mass is 9.83. The van der Waals surface area contributed by atoms with Crippen molar-refractivity contribution in [3.05, 3.63) is 166 Å². The summed E-state index contributed by atoms with van der Waals surface area (Å²) in [5.74, 6) is 14.2. The van der Waals surface area contributed by atoms with E-state index in [1.807, 2.05) is 120 Å². The third-order valence-corrected chi connectivity index (χ3v) is 44.2. The minimum absolute atomic E-state index is 0.115. The van der Waals surface area contributed by atoms with Gasteiger partial charge in [-0.05, 0) is 448 Å². The summed E-state index contributed by atoms with van der Waals surface area (Å²) in [6.07, 6.45) is 47.2. The van der Waals surface area contributed by atoms with Crippen molar-refractivity contribution in [2.45, 2.75) is 397 Å². The lowest BCUT2D eigenvalue weighted by Crippen LogP contribution is -2.45. The maximum Gasteiger partial charge on any atom is 0.323 e. The molecular formula is C128H216N9O7S5+5. The third-order valence-electron chi connectivity index (χ3n) is 32.7. The number of ether oxygens (including phenoxy) is 2. The Balaban J connectivity index is 0.000000203. The molecule has 1 unspecified atom stereocenters. The van der Waals surface area contributed by atoms with Crippen molar-refractivity contribution >= 4 is 85.3 Å². The number of piperidine rings is 7. The molecule has 0 aromatic heterocycles. The van der Waals surface area contributed by atoms with E-state index in [9.17, 15) is 24.0 Å². The second-order valence-corrected chi connectivity index (χ2v) is 60.0. The molecule has 1 saturated carbocycles. The van der Waals surface area contributed by atoms with Crippen LogP contribution in [0.1, 0.15) is 381 Å². The number of carbonyl (C=O) groups excluding carboxylic acids is 5. The zero-order valence-electron chi connectivity index (χ0n) is 98.4. The SMILES string of the molecule is CC(C)(C(=O)c1ccc(C2CCCCC2)cc1)[S+]1CCCC1.CC(C)(C)C(=O)C[S+]1CCCC1.CC(C)(C)c1ccc([SH2+])cc1.CCCC[S+](CCCC)CC(=O)c1ccccc1.CN1CCC(N2CCCC2)CC1.CN1CCC(N2CCCCC2)CC1.CN1CCC(N2CCCCC2)CC1.CN1CCC(N2CCCCC2)CC1.COc1ccc(CC(N)C(=O)OC(C)(C)C)cc1.Cc1ccc(C(=O)C(C)(C)[S+]2CCCC2)cc1. The van der Waals surface area contributed by atoms with Gasteiger partial charge in [0.05, 0.1) is 7.11 Å². The van der Waals surface area contributed by atoms with E-state index in [4.69, 9.17) is 15.2 Å². The van der Waals surface area contributed by atoms with Gasteiger partial charge in [0.1, 0.15) is 68.3 Å². The van der Waals surface area contributed by atoms with Crippen LogP contribution in [0, 0.1) is 12.3 Å².